The van der Waals surface area contributed by atoms with Crippen molar-refractivity contribution in [3.8, 4) is 0 Å². The minimum Gasteiger partial charge on any atom is -0.295 e. The Morgan fingerprint density at radius 2 is 1.65 bits per heavy atom. The molecule has 23 heavy (non-hydrogen) atoms. The van der Waals surface area contributed by atoms with Crippen molar-refractivity contribution in [2.75, 3.05) is 4.90 Å². The number of carbonyl (C=O) groups is 1. The number of amides is 1. The molecule has 1 aromatic heterocycles. The van der Waals surface area contributed by atoms with E-state index in [1.807, 2.05) is 71.4 Å². The first kappa shape index (κ1) is 15.5. The molecule has 5 heteroatoms. The maximum Gasteiger partial charge on any atom is 0.281 e. The lowest BCUT2D eigenvalue weighted by Crippen LogP contribution is -2.24. The van der Waals surface area contributed by atoms with Crippen LogP contribution in [0.2, 0.25) is 5.02 Å². The molecule has 3 nitrogen and oxygen atoms in total. The Kier molecular flexibility index (Phi) is 4.55. The predicted molar refractivity (Wildman–Crippen MR) is 96.2 cm³/mol. The first-order valence-electron chi connectivity index (χ1n) is 6.93. The van der Waals surface area contributed by atoms with Crippen LogP contribution in [0, 0.1) is 5.41 Å². The van der Waals surface area contributed by atoms with E-state index in [4.69, 9.17) is 17.0 Å². The fourth-order valence-corrected chi connectivity index (χ4v) is 3.04. The molecule has 0 unspecified atom stereocenters. The van der Waals surface area contributed by atoms with Crippen LogP contribution in [0.5, 0.6) is 0 Å². The first-order valence-corrected chi connectivity index (χ1v) is 8.25. The number of carbonyl (C=O) groups excluding carboxylic acids is 1. The van der Waals surface area contributed by atoms with Crippen molar-refractivity contribution in [3.63, 3.8) is 0 Å². The maximum absolute atomic E-state index is 12.0. The molecule has 114 valence electrons. The molecule has 1 aliphatic rings. The fourth-order valence-electron chi connectivity index (χ4n) is 2.27. The van der Waals surface area contributed by atoms with Crippen molar-refractivity contribution in [1.82, 2.24) is 0 Å². The number of nitrogens with one attached hydrogen (secondary N) is 1. The highest BCUT2D eigenvalue weighted by molar-refractivity contribution is 7.08. The van der Waals surface area contributed by atoms with Gasteiger partial charge in [0.25, 0.3) is 5.91 Å². The Labute approximate surface area is 143 Å². The molecule has 4 rings (SSSR count). The SMILES string of the molecule is Clc1ccccc1.N=C1C(=O)N(c2ccsc2)c2ccccc21. The number of halogens is 1. The monoisotopic (exact) mass is 340 g/mol. The van der Waals surface area contributed by atoms with E-state index < -0.39 is 0 Å². The Morgan fingerprint density at radius 1 is 0.957 bits per heavy atom. The van der Waals surface area contributed by atoms with Crippen LogP contribution in [-0.4, -0.2) is 11.6 Å². The van der Waals surface area contributed by atoms with Gasteiger partial charge in [0.1, 0.15) is 5.71 Å². The van der Waals surface area contributed by atoms with E-state index in [1.165, 1.54) is 11.3 Å². The summed E-state index contributed by atoms with van der Waals surface area (Å²) in [5, 5.41) is 12.4. The molecule has 0 aliphatic carbocycles. The highest BCUT2D eigenvalue weighted by Gasteiger charge is 2.33. The number of anilines is 2. The zero-order valence-corrected chi connectivity index (χ0v) is 13.6. The normalized spacial score (nSPS) is 12.7. The molecule has 0 atom stereocenters. The van der Waals surface area contributed by atoms with Gasteiger partial charge in [-0.2, -0.15) is 11.3 Å². The summed E-state index contributed by atoms with van der Waals surface area (Å²) < 4.78 is 0. The summed E-state index contributed by atoms with van der Waals surface area (Å²) in [5.41, 5.74) is 2.42. The molecular weight excluding hydrogens is 328 g/mol. The molecule has 3 aromatic rings. The summed E-state index contributed by atoms with van der Waals surface area (Å²) in [6, 6.07) is 18.7. The number of nitrogens with zero attached hydrogens (tertiary/aromatic N) is 1. The summed E-state index contributed by atoms with van der Waals surface area (Å²) in [6.45, 7) is 0. The minimum absolute atomic E-state index is 0.0711. The topological polar surface area (TPSA) is 44.2 Å². The molecule has 0 fully saturated rings. The van der Waals surface area contributed by atoms with E-state index in [0.29, 0.717) is 5.56 Å². The molecule has 0 spiro atoms. The van der Waals surface area contributed by atoms with Crippen LogP contribution in [0.3, 0.4) is 0 Å². The summed E-state index contributed by atoms with van der Waals surface area (Å²) in [5.74, 6) is -0.250. The van der Waals surface area contributed by atoms with Gasteiger partial charge < -0.3 is 0 Å². The van der Waals surface area contributed by atoms with E-state index >= 15 is 0 Å². The number of fused-ring (bicyclic) bond motifs is 1. The average Bonchev–Trinajstić information content (AvgIpc) is 3.17. The van der Waals surface area contributed by atoms with Gasteiger partial charge in [-0.25, -0.2) is 0 Å². The van der Waals surface area contributed by atoms with E-state index in [2.05, 4.69) is 0 Å². The highest BCUT2D eigenvalue weighted by Crippen LogP contribution is 2.35. The molecule has 0 saturated heterocycles. The summed E-state index contributed by atoms with van der Waals surface area (Å²) in [7, 11) is 0. The Morgan fingerprint density at radius 3 is 2.26 bits per heavy atom. The second-order valence-corrected chi connectivity index (χ2v) is 6.03. The van der Waals surface area contributed by atoms with Gasteiger partial charge in [0, 0.05) is 16.0 Å². The zero-order valence-electron chi connectivity index (χ0n) is 12.1. The van der Waals surface area contributed by atoms with Gasteiger partial charge in [0.05, 0.1) is 11.4 Å². The highest BCUT2D eigenvalue weighted by atomic mass is 35.5. The number of hydrogen-bond acceptors (Lipinski definition) is 3. The molecule has 2 heterocycles. The van der Waals surface area contributed by atoms with Crippen molar-refractivity contribution in [2.45, 2.75) is 0 Å². The lowest BCUT2D eigenvalue weighted by molar-refractivity contribution is -0.111. The van der Waals surface area contributed by atoms with E-state index in [1.54, 1.807) is 4.90 Å². The molecule has 1 N–H and O–H groups in total. The number of rotatable bonds is 1. The van der Waals surface area contributed by atoms with Crippen molar-refractivity contribution >= 4 is 45.9 Å². The molecule has 1 aliphatic heterocycles. The van der Waals surface area contributed by atoms with Crippen molar-refractivity contribution < 1.29 is 4.79 Å². The summed E-state index contributed by atoms with van der Waals surface area (Å²) in [6.07, 6.45) is 0. The molecule has 0 radical (unpaired) electrons. The number of hydrogen-bond donors (Lipinski definition) is 1. The van der Waals surface area contributed by atoms with Crippen LogP contribution in [0.1, 0.15) is 5.56 Å². The average molecular weight is 341 g/mol. The van der Waals surface area contributed by atoms with Gasteiger partial charge in [-0.15, -0.1) is 0 Å². The molecule has 1 amide bonds. The van der Waals surface area contributed by atoms with Crippen LogP contribution in [0.15, 0.2) is 71.4 Å². The van der Waals surface area contributed by atoms with Crippen LogP contribution in [-0.2, 0) is 4.79 Å². The Bertz CT molecular complexity index is 831. The second kappa shape index (κ2) is 6.77. The zero-order chi connectivity index (χ0) is 16.2. The number of benzene rings is 2. The third-order valence-corrected chi connectivity index (χ3v) is 4.25. The number of para-hydroxylation sites is 1. The summed E-state index contributed by atoms with van der Waals surface area (Å²) >= 11 is 7.08. The quantitative estimate of drug-likeness (QED) is 0.655. The first-order chi connectivity index (χ1) is 11.2. The van der Waals surface area contributed by atoms with Gasteiger partial charge in [-0.05, 0) is 29.6 Å². The largest absolute Gasteiger partial charge is 0.295 e. The van der Waals surface area contributed by atoms with Crippen molar-refractivity contribution in [2.24, 2.45) is 0 Å². The third-order valence-electron chi connectivity index (χ3n) is 3.33. The van der Waals surface area contributed by atoms with Crippen LogP contribution in [0.25, 0.3) is 0 Å². The minimum atomic E-state index is -0.250. The van der Waals surface area contributed by atoms with E-state index in [0.717, 1.165) is 16.4 Å². The van der Waals surface area contributed by atoms with Gasteiger partial charge in [0.2, 0.25) is 0 Å². The third kappa shape index (κ3) is 3.18. The lowest BCUT2D eigenvalue weighted by atomic mass is 10.1. The van der Waals surface area contributed by atoms with Crippen LogP contribution >= 0.6 is 22.9 Å². The fraction of sp³-hybridized carbons (Fsp3) is 0. The molecular formula is C18H13ClN2OS. The van der Waals surface area contributed by atoms with Crippen molar-refractivity contribution in [3.05, 3.63) is 82.0 Å². The van der Waals surface area contributed by atoms with Crippen LogP contribution < -0.4 is 4.90 Å². The molecule has 2 aromatic carbocycles. The van der Waals surface area contributed by atoms with E-state index in [-0.39, 0.29) is 11.6 Å². The predicted octanol–water partition coefficient (Wildman–Crippen LogP) is 5.13. The Balaban J connectivity index is 0.000000188. The van der Waals surface area contributed by atoms with Gasteiger partial charge >= 0.3 is 0 Å². The molecule has 0 saturated carbocycles. The Hall–Kier alpha value is -2.43. The smallest absolute Gasteiger partial charge is 0.281 e. The van der Waals surface area contributed by atoms with E-state index in [9.17, 15) is 4.79 Å². The van der Waals surface area contributed by atoms with Gasteiger partial charge in [-0.1, -0.05) is 48.0 Å². The van der Waals surface area contributed by atoms with Gasteiger partial charge in [0.15, 0.2) is 0 Å². The summed E-state index contributed by atoms with van der Waals surface area (Å²) in [4.78, 5) is 13.6. The van der Waals surface area contributed by atoms with Crippen molar-refractivity contribution in [1.29, 1.82) is 5.41 Å². The maximum atomic E-state index is 12.0. The second-order valence-electron chi connectivity index (χ2n) is 4.81. The molecule has 0 bridgehead atoms. The lowest BCUT2D eigenvalue weighted by Gasteiger charge is -2.14. The standard InChI is InChI=1S/C12H8N2OS.C6H5Cl/c13-11-9-3-1-2-4-10(9)14(12(11)15)8-5-6-16-7-8;7-6-4-2-1-3-5-6/h1-7,13H;1-5H. The van der Waals surface area contributed by atoms with Crippen LogP contribution in [0.4, 0.5) is 11.4 Å². The number of thiophene rings is 1. The van der Waals surface area contributed by atoms with Gasteiger partial charge in [-0.3, -0.25) is 15.1 Å².